The lowest BCUT2D eigenvalue weighted by molar-refractivity contribution is -0.0116. The molecule has 1 aromatic heterocycles. The molecule has 3 nitrogen and oxygen atoms in total. The van der Waals surface area contributed by atoms with Crippen LogP contribution in [-0.2, 0) is 12.0 Å². The van der Waals surface area contributed by atoms with Gasteiger partial charge in [0.05, 0.1) is 0 Å². The Morgan fingerprint density at radius 1 is 1.50 bits per heavy atom. The minimum atomic E-state index is -0.658. The highest BCUT2D eigenvalue weighted by atomic mass is 32.1. The quantitative estimate of drug-likeness (QED) is 0.826. The van der Waals surface area contributed by atoms with E-state index in [-0.39, 0.29) is 0 Å². The molecular weight excluding hydrogens is 220 g/mol. The highest BCUT2D eigenvalue weighted by molar-refractivity contribution is 7.11. The van der Waals surface area contributed by atoms with E-state index in [1.807, 2.05) is 6.20 Å². The summed E-state index contributed by atoms with van der Waals surface area (Å²) >= 11 is 1.68. The first-order valence-corrected chi connectivity index (χ1v) is 6.95. The van der Waals surface area contributed by atoms with E-state index in [4.69, 9.17) is 0 Å². The number of thiazole rings is 1. The molecule has 2 aliphatic rings. The number of piperidine rings is 1. The van der Waals surface area contributed by atoms with Gasteiger partial charge in [-0.3, -0.25) is 0 Å². The first kappa shape index (κ1) is 10.7. The fourth-order valence-electron chi connectivity index (χ4n) is 2.98. The topological polar surface area (TPSA) is 45.2 Å². The molecule has 3 heterocycles. The van der Waals surface area contributed by atoms with E-state index in [1.165, 1.54) is 17.7 Å². The highest BCUT2D eigenvalue weighted by Crippen LogP contribution is 2.41. The normalized spacial score (nSPS) is 37.9. The van der Waals surface area contributed by atoms with Crippen LogP contribution >= 0.6 is 11.3 Å². The fraction of sp³-hybridized carbons (Fsp3) is 0.750. The van der Waals surface area contributed by atoms with Crippen LogP contribution in [0.4, 0.5) is 0 Å². The number of fused-ring (bicyclic) bond motifs is 2. The van der Waals surface area contributed by atoms with Gasteiger partial charge in [-0.05, 0) is 32.1 Å². The number of aromatic nitrogens is 1. The van der Waals surface area contributed by atoms with Crippen LogP contribution in [-0.4, -0.2) is 22.2 Å². The van der Waals surface area contributed by atoms with Gasteiger partial charge in [-0.1, -0.05) is 6.92 Å². The number of hydrogen-bond donors (Lipinski definition) is 2. The van der Waals surface area contributed by atoms with Gasteiger partial charge in [0.2, 0.25) is 0 Å². The van der Waals surface area contributed by atoms with Crippen molar-refractivity contribution in [1.29, 1.82) is 0 Å². The van der Waals surface area contributed by atoms with E-state index >= 15 is 0 Å². The fourth-order valence-corrected chi connectivity index (χ4v) is 3.94. The molecular formula is C12H18N2OS. The first-order valence-electron chi connectivity index (χ1n) is 6.13. The maximum Gasteiger partial charge on any atom is 0.125 e. The van der Waals surface area contributed by atoms with Crippen molar-refractivity contribution in [2.45, 2.75) is 56.7 Å². The lowest BCUT2D eigenvalue weighted by atomic mass is 9.88. The number of rotatable bonds is 2. The Labute approximate surface area is 99.9 Å². The van der Waals surface area contributed by atoms with Crippen molar-refractivity contribution < 1.29 is 5.11 Å². The molecule has 0 amide bonds. The van der Waals surface area contributed by atoms with E-state index in [9.17, 15) is 5.11 Å². The van der Waals surface area contributed by atoms with E-state index in [0.29, 0.717) is 12.1 Å². The summed E-state index contributed by atoms with van der Waals surface area (Å²) < 4.78 is 0. The maximum atomic E-state index is 10.7. The Morgan fingerprint density at radius 3 is 2.75 bits per heavy atom. The molecule has 2 bridgehead atoms. The summed E-state index contributed by atoms with van der Waals surface area (Å²) in [7, 11) is 0. The SMILES string of the molecule is CCc1cnc(C2(O)CC3CCC(C2)N3)s1. The van der Waals surface area contributed by atoms with Gasteiger partial charge in [-0.25, -0.2) is 4.98 Å². The van der Waals surface area contributed by atoms with E-state index < -0.39 is 5.60 Å². The van der Waals surface area contributed by atoms with Crippen LogP contribution < -0.4 is 5.32 Å². The number of nitrogens with one attached hydrogen (secondary N) is 1. The smallest absolute Gasteiger partial charge is 0.125 e. The zero-order valence-corrected chi connectivity index (χ0v) is 10.4. The van der Waals surface area contributed by atoms with Crippen LogP contribution in [0.15, 0.2) is 6.20 Å². The highest BCUT2D eigenvalue weighted by Gasteiger charge is 2.45. The van der Waals surface area contributed by atoms with Crippen molar-refractivity contribution in [2.75, 3.05) is 0 Å². The summed E-state index contributed by atoms with van der Waals surface area (Å²) in [6, 6.07) is 0.996. The van der Waals surface area contributed by atoms with Crippen molar-refractivity contribution in [3.8, 4) is 0 Å². The van der Waals surface area contributed by atoms with Gasteiger partial charge in [-0.15, -0.1) is 11.3 Å². The van der Waals surface area contributed by atoms with Gasteiger partial charge in [-0.2, -0.15) is 0 Å². The third-order valence-electron chi connectivity index (χ3n) is 3.80. The Kier molecular flexibility index (Phi) is 2.53. The molecule has 2 N–H and O–H groups in total. The van der Waals surface area contributed by atoms with Crippen molar-refractivity contribution in [3.63, 3.8) is 0 Å². The van der Waals surface area contributed by atoms with E-state index in [0.717, 1.165) is 24.3 Å². The zero-order valence-electron chi connectivity index (χ0n) is 9.57. The van der Waals surface area contributed by atoms with Gasteiger partial charge in [0.15, 0.2) is 0 Å². The Bertz CT molecular complexity index is 378. The van der Waals surface area contributed by atoms with Crippen molar-refractivity contribution in [1.82, 2.24) is 10.3 Å². The first-order chi connectivity index (χ1) is 7.69. The van der Waals surface area contributed by atoms with E-state index in [1.54, 1.807) is 11.3 Å². The molecule has 2 fully saturated rings. The monoisotopic (exact) mass is 238 g/mol. The van der Waals surface area contributed by atoms with Crippen LogP contribution in [0.25, 0.3) is 0 Å². The molecule has 2 saturated heterocycles. The average Bonchev–Trinajstić information content (AvgIpc) is 2.85. The van der Waals surface area contributed by atoms with Crippen LogP contribution in [0.2, 0.25) is 0 Å². The summed E-state index contributed by atoms with van der Waals surface area (Å²) in [5.41, 5.74) is -0.658. The Balaban J connectivity index is 1.87. The summed E-state index contributed by atoms with van der Waals surface area (Å²) in [4.78, 5) is 5.69. The Morgan fingerprint density at radius 2 is 2.19 bits per heavy atom. The van der Waals surface area contributed by atoms with Crippen molar-refractivity contribution in [2.24, 2.45) is 0 Å². The molecule has 2 atom stereocenters. The molecule has 0 spiro atoms. The van der Waals surface area contributed by atoms with Crippen molar-refractivity contribution in [3.05, 3.63) is 16.1 Å². The molecule has 88 valence electrons. The number of aryl methyl sites for hydroxylation is 1. The molecule has 2 unspecified atom stereocenters. The predicted octanol–water partition coefficient (Wildman–Crippen LogP) is 1.81. The minimum Gasteiger partial charge on any atom is -0.383 e. The lowest BCUT2D eigenvalue weighted by Gasteiger charge is -2.35. The van der Waals surface area contributed by atoms with Gasteiger partial charge in [0.1, 0.15) is 10.6 Å². The average molecular weight is 238 g/mol. The molecule has 0 aromatic carbocycles. The third-order valence-corrected chi connectivity index (χ3v) is 5.14. The van der Waals surface area contributed by atoms with E-state index in [2.05, 4.69) is 17.2 Å². The second-order valence-corrected chi connectivity index (χ2v) is 6.18. The Hall–Kier alpha value is -0.450. The summed E-state index contributed by atoms with van der Waals surface area (Å²) in [5, 5.41) is 15.2. The number of aliphatic hydroxyl groups is 1. The van der Waals surface area contributed by atoms with Crippen LogP contribution in [0, 0.1) is 0 Å². The molecule has 16 heavy (non-hydrogen) atoms. The largest absolute Gasteiger partial charge is 0.383 e. The summed E-state index contributed by atoms with van der Waals surface area (Å²) in [6.07, 6.45) is 7.01. The standard InChI is InChI=1S/C12H18N2OS/c1-2-10-7-13-11(16-10)12(15)5-8-3-4-9(6-12)14-8/h7-9,14-15H,2-6H2,1H3. The van der Waals surface area contributed by atoms with Gasteiger partial charge < -0.3 is 10.4 Å². The van der Waals surface area contributed by atoms with Crippen LogP contribution in [0.5, 0.6) is 0 Å². The van der Waals surface area contributed by atoms with Gasteiger partial charge >= 0.3 is 0 Å². The zero-order chi connectivity index (χ0) is 11.2. The molecule has 2 aliphatic heterocycles. The predicted molar refractivity (Wildman–Crippen MR) is 64.6 cm³/mol. The molecule has 0 radical (unpaired) electrons. The number of hydrogen-bond acceptors (Lipinski definition) is 4. The molecule has 3 rings (SSSR count). The van der Waals surface area contributed by atoms with Crippen LogP contribution in [0.1, 0.15) is 42.5 Å². The molecule has 4 heteroatoms. The second kappa shape index (κ2) is 3.79. The van der Waals surface area contributed by atoms with Gasteiger partial charge in [0.25, 0.3) is 0 Å². The minimum absolute atomic E-state index is 0.498. The molecule has 1 aromatic rings. The van der Waals surface area contributed by atoms with Gasteiger partial charge in [0, 0.05) is 23.2 Å². The summed E-state index contributed by atoms with van der Waals surface area (Å²) in [5.74, 6) is 0. The molecule has 0 saturated carbocycles. The third kappa shape index (κ3) is 1.69. The maximum absolute atomic E-state index is 10.7. The lowest BCUT2D eigenvalue weighted by Crippen LogP contribution is -2.46. The van der Waals surface area contributed by atoms with Crippen molar-refractivity contribution >= 4 is 11.3 Å². The molecule has 0 aliphatic carbocycles. The summed E-state index contributed by atoms with van der Waals surface area (Å²) in [6.45, 7) is 2.13. The van der Waals surface area contributed by atoms with Crippen LogP contribution in [0.3, 0.4) is 0 Å². The second-order valence-electron chi connectivity index (χ2n) is 5.06. The number of nitrogens with zero attached hydrogens (tertiary/aromatic N) is 1.